The fourth-order valence-electron chi connectivity index (χ4n) is 2.45. The molecular formula is C17H23BrN6O3. The van der Waals surface area contributed by atoms with Gasteiger partial charge in [0.05, 0.1) is 15.7 Å². The van der Waals surface area contributed by atoms with E-state index in [4.69, 9.17) is 26.0 Å². The number of pyridine rings is 1. The minimum absolute atomic E-state index is 0.124. The van der Waals surface area contributed by atoms with Gasteiger partial charge < -0.3 is 25.1 Å². The van der Waals surface area contributed by atoms with E-state index in [9.17, 15) is 4.79 Å². The van der Waals surface area contributed by atoms with Crippen molar-refractivity contribution in [1.82, 2.24) is 15.2 Å². The Morgan fingerprint density at radius 3 is 2.85 bits per heavy atom. The van der Waals surface area contributed by atoms with Crippen molar-refractivity contribution in [3.05, 3.63) is 56.8 Å². The van der Waals surface area contributed by atoms with E-state index >= 15 is 0 Å². The number of nitrogens with two attached hydrogens (primary N) is 1. The molecule has 9 nitrogen and oxygen atoms in total. The number of allylic oxidation sites excluding steroid dienone is 1. The van der Waals surface area contributed by atoms with Crippen molar-refractivity contribution in [1.29, 1.82) is 10.8 Å². The van der Waals surface area contributed by atoms with Crippen molar-refractivity contribution in [3.63, 3.8) is 0 Å². The molecule has 1 aliphatic heterocycles. The molecule has 0 spiro atoms. The van der Waals surface area contributed by atoms with Crippen molar-refractivity contribution in [3.8, 4) is 0 Å². The molecule has 2 rings (SSSR count). The second-order valence-electron chi connectivity index (χ2n) is 5.91. The zero-order chi connectivity index (χ0) is 20.0. The lowest BCUT2D eigenvalue weighted by Gasteiger charge is -2.25. The number of aromatic nitrogens is 1. The normalized spacial score (nSPS) is 17.5. The van der Waals surface area contributed by atoms with Crippen molar-refractivity contribution in [2.45, 2.75) is 25.5 Å². The van der Waals surface area contributed by atoms with Gasteiger partial charge in [0, 0.05) is 19.9 Å². The monoisotopic (exact) mass is 438 g/mol. The zero-order valence-corrected chi connectivity index (χ0v) is 16.6. The lowest BCUT2D eigenvalue weighted by molar-refractivity contribution is 0.00154. The lowest BCUT2D eigenvalue weighted by Crippen LogP contribution is -2.38. The predicted octanol–water partition coefficient (Wildman–Crippen LogP) is 1.44. The lowest BCUT2D eigenvalue weighted by atomic mass is 10.2. The smallest absolute Gasteiger partial charge is 0.294 e. The van der Waals surface area contributed by atoms with Crippen LogP contribution in [0.1, 0.15) is 24.8 Å². The van der Waals surface area contributed by atoms with Crippen LogP contribution in [0.15, 0.2) is 45.7 Å². The second-order valence-corrected chi connectivity index (χ2v) is 6.76. The minimum atomic E-state index is -0.437. The van der Waals surface area contributed by atoms with Gasteiger partial charge >= 0.3 is 0 Å². The third-order valence-corrected chi connectivity index (χ3v) is 4.41. The number of nitrogens with one attached hydrogen (secondary N) is 4. The number of nitrogens with zero attached hydrogens (tertiary/aromatic N) is 1. The molecule has 1 aliphatic rings. The molecule has 0 saturated carbocycles. The molecule has 1 unspecified atom stereocenters. The molecule has 27 heavy (non-hydrogen) atoms. The van der Waals surface area contributed by atoms with Crippen LogP contribution >= 0.6 is 15.9 Å². The predicted molar refractivity (Wildman–Crippen MR) is 106 cm³/mol. The van der Waals surface area contributed by atoms with Gasteiger partial charge in [-0.05, 0) is 47.3 Å². The quantitative estimate of drug-likeness (QED) is 0.267. The van der Waals surface area contributed by atoms with Crippen LogP contribution in [-0.4, -0.2) is 29.3 Å². The summed E-state index contributed by atoms with van der Waals surface area (Å²) in [5.74, 6) is -0.182. The van der Waals surface area contributed by atoms with Gasteiger partial charge in [-0.25, -0.2) is 0 Å². The number of ether oxygens (including phenoxy) is 2. The second kappa shape index (κ2) is 9.38. The SMILES string of the molecule is C=C/C(NC1CCCCO1)=C(/N)NC(=N)OC(=N)c1cc(Br)c(=O)n(C)c1. The van der Waals surface area contributed by atoms with Gasteiger partial charge in [-0.3, -0.25) is 20.9 Å². The maximum atomic E-state index is 11.7. The van der Waals surface area contributed by atoms with Crippen LogP contribution in [0.4, 0.5) is 0 Å². The van der Waals surface area contributed by atoms with Crippen LogP contribution in [0.5, 0.6) is 0 Å². The van der Waals surface area contributed by atoms with Gasteiger partial charge in [0.15, 0.2) is 0 Å². The molecule has 0 bridgehead atoms. The Labute approximate surface area is 165 Å². The summed E-state index contributed by atoms with van der Waals surface area (Å²) in [5.41, 5.74) is 6.53. The molecule has 0 amide bonds. The fraction of sp³-hybridized carbons (Fsp3) is 0.353. The molecule has 6 N–H and O–H groups in total. The van der Waals surface area contributed by atoms with E-state index in [2.05, 4.69) is 33.1 Å². The van der Waals surface area contributed by atoms with E-state index in [-0.39, 0.29) is 23.5 Å². The first-order valence-electron chi connectivity index (χ1n) is 8.30. The maximum Gasteiger partial charge on any atom is 0.294 e. The number of hydrogen-bond donors (Lipinski definition) is 5. The highest BCUT2D eigenvalue weighted by molar-refractivity contribution is 9.10. The van der Waals surface area contributed by atoms with E-state index in [0.29, 0.717) is 22.3 Å². The fourth-order valence-corrected chi connectivity index (χ4v) is 2.97. The van der Waals surface area contributed by atoms with Gasteiger partial charge in [-0.1, -0.05) is 6.58 Å². The Kier molecular flexibility index (Phi) is 7.19. The first-order chi connectivity index (χ1) is 12.8. The number of hydrogen-bond acceptors (Lipinski definition) is 7. The van der Waals surface area contributed by atoms with Crippen molar-refractivity contribution in [2.75, 3.05) is 6.61 Å². The Morgan fingerprint density at radius 1 is 1.52 bits per heavy atom. The molecule has 2 heterocycles. The van der Waals surface area contributed by atoms with E-state index in [0.717, 1.165) is 19.3 Å². The van der Waals surface area contributed by atoms with E-state index in [1.54, 1.807) is 7.05 Å². The Bertz CT molecular complexity index is 800. The standard InChI is InChI=1S/C17H23BrN6O3/c1-3-12(22-13-6-4-5-7-26-13)14(19)23-17(21)27-15(20)10-8-11(18)16(25)24(2)9-10/h3,8-9,13,20,22H,1,4-7,19H2,2H3,(H2,21,23)/b14-12+,20-15?. The average Bonchev–Trinajstić information content (AvgIpc) is 2.64. The summed E-state index contributed by atoms with van der Waals surface area (Å²) in [6.45, 7) is 4.39. The number of aryl methyl sites for hydroxylation is 1. The third-order valence-electron chi connectivity index (χ3n) is 3.84. The molecule has 0 aromatic carbocycles. The van der Waals surface area contributed by atoms with Gasteiger partial charge in [0.1, 0.15) is 12.0 Å². The summed E-state index contributed by atoms with van der Waals surface area (Å²) in [4.78, 5) is 11.7. The van der Waals surface area contributed by atoms with Gasteiger partial charge in [-0.15, -0.1) is 0 Å². The first-order valence-corrected chi connectivity index (χ1v) is 9.10. The third kappa shape index (κ3) is 5.69. The molecule has 1 fully saturated rings. The topological polar surface area (TPSA) is 138 Å². The zero-order valence-electron chi connectivity index (χ0n) is 15.0. The van der Waals surface area contributed by atoms with Crippen molar-refractivity contribution < 1.29 is 9.47 Å². The minimum Gasteiger partial charge on any atom is -0.407 e. The molecule has 0 radical (unpaired) electrons. The van der Waals surface area contributed by atoms with Crippen molar-refractivity contribution >= 4 is 27.8 Å². The average molecular weight is 439 g/mol. The molecule has 10 heteroatoms. The summed E-state index contributed by atoms with van der Waals surface area (Å²) in [6, 6.07) is 1.02. The van der Waals surface area contributed by atoms with E-state index < -0.39 is 6.02 Å². The summed E-state index contributed by atoms with van der Waals surface area (Å²) in [7, 11) is 1.56. The maximum absolute atomic E-state index is 11.7. The van der Waals surface area contributed by atoms with Crippen LogP contribution in [0.25, 0.3) is 0 Å². The van der Waals surface area contributed by atoms with Crippen molar-refractivity contribution in [2.24, 2.45) is 12.8 Å². The van der Waals surface area contributed by atoms with E-state index in [1.165, 1.54) is 22.9 Å². The highest BCUT2D eigenvalue weighted by atomic mass is 79.9. The van der Waals surface area contributed by atoms with Crippen LogP contribution in [0, 0.1) is 10.8 Å². The molecule has 1 saturated heterocycles. The number of halogens is 1. The highest BCUT2D eigenvalue weighted by Crippen LogP contribution is 2.12. The van der Waals surface area contributed by atoms with Gasteiger partial charge in [0.2, 0.25) is 5.90 Å². The summed E-state index contributed by atoms with van der Waals surface area (Å²) in [6.07, 6.45) is 5.73. The molecular weight excluding hydrogens is 416 g/mol. The Balaban J connectivity index is 2.01. The number of rotatable bonds is 5. The molecule has 146 valence electrons. The first kappa shape index (κ1) is 20.7. The van der Waals surface area contributed by atoms with Gasteiger partial charge in [-0.2, -0.15) is 0 Å². The van der Waals surface area contributed by atoms with Crippen LogP contribution in [-0.2, 0) is 16.5 Å². The van der Waals surface area contributed by atoms with Gasteiger partial charge in [0.25, 0.3) is 11.6 Å². The van der Waals surface area contributed by atoms with Crippen LogP contribution in [0.3, 0.4) is 0 Å². The van der Waals surface area contributed by atoms with Crippen LogP contribution < -0.4 is 21.9 Å². The molecule has 1 aromatic heterocycles. The molecule has 1 aromatic rings. The van der Waals surface area contributed by atoms with E-state index in [1.807, 2.05) is 0 Å². The summed E-state index contributed by atoms with van der Waals surface area (Å²) >= 11 is 3.13. The Morgan fingerprint density at radius 2 is 2.26 bits per heavy atom. The molecule has 1 atom stereocenters. The Hall–Kier alpha value is -2.59. The summed E-state index contributed by atoms with van der Waals surface area (Å²) < 4.78 is 12.3. The van der Waals surface area contributed by atoms with Crippen LogP contribution in [0.2, 0.25) is 0 Å². The summed E-state index contributed by atoms with van der Waals surface area (Å²) in [5, 5.41) is 21.5. The largest absolute Gasteiger partial charge is 0.407 e. The highest BCUT2D eigenvalue weighted by Gasteiger charge is 2.16. The number of amidine groups is 1. The molecule has 0 aliphatic carbocycles.